The van der Waals surface area contributed by atoms with Crippen LogP contribution in [0.5, 0.6) is 5.75 Å². The highest BCUT2D eigenvalue weighted by Crippen LogP contribution is 2.34. The van der Waals surface area contributed by atoms with Gasteiger partial charge in [-0.25, -0.2) is 0 Å². The summed E-state index contributed by atoms with van der Waals surface area (Å²) < 4.78 is 5.91. The zero-order chi connectivity index (χ0) is 20.1. The Kier molecular flexibility index (Phi) is 7.30. The summed E-state index contributed by atoms with van der Waals surface area (Å²) in [4.78, 5) is 17.5. The molecule has 148 valence electrons. The largest absolute Gasteiger partial charge is 0.492 e. The first-order chi connectivity index (χ1) is 13.5. The second kappa shape index (κ2) is 9.70. The van der Waals surface area contributed by atoms with Gasteiger partial charge >= 0.3 is 0 Å². The molecule has 1 fully saturated rings. The van der Waals surface area contributed by atoms with Gasteiger partial charge in [-0.1, -0.05) is 41.4 Å². The van der Waals surface area contributed by atoms with Gasteiger partial charge in [0.2, 0.25) is 0 Å². The Hall–Kier alpha value is -1.66. The molecule has 0 bridgehead atoms. The topological polar surface area (TPSA) is 32.8 Å². The van der Waals surface area contributed by atoms with E-state index in [1.807, 2.05) is 50.5 Å². The van der Waals surface area contributed by atoms with Gasteiger partial charge in [0.15, 0.2) is 0 Å². The molecule has 1 heterocycles. The predicted octanol–water partition coefficient (Wildman–Crippen LogP) is 5.05. The summed E-state index contributed by atoms with van der Waals surface area (Å²) in [6.07, 6.45) is 1.90. The molecule has 0 aliphatic carbocycles. The molecule has 0 spiro atoms. The summed E-state index contributed by atoms with van der Waals surface area (Å²) in [5.41, 5.74) is 1.65. The number of carbonyl (C=O) groups excluding carboxylic acids is 1. The molecule has 3 rings (SSSR count). The lowest BCUT2D eigenvalue weighted by Crippen LogP contribution is -2.37. The number of anilines is 1. The van der Waals surface area contributed by atoms with Gasteiger partial charge in [0, 0.05) is 30.1 Å². The fourth-order valence-electron chi connectivity index (χ4n) is 2.76. The summed E-state index contributed by atoms with van der Waals surface area (Å²) in [7, 11) is 4.01. The van der Waals surface area contributed by atoms with E-state index in [-0.39, 0.29) is 5.91 Å². The number of likely N-dealkylation sites (N-methyl/N-ethyl adjacent to an activating group) is 1. The van der Waals surface area contributed by atoms with E-state index in [1.54, 1.807) is 28.8 Å². The van der Waals surface area contributed by atoms with E-state index in [9.17, 15) is 4.79 Å². The third kappa shape index (κ3) is 5.23. The number of nitrogens with zero attached hydrogens (tertiary/aromatic N) is 2. The monoisotopic (exact) mass is 436 g/mol. The van der Waals surface area contributed by atoms with Gasteiger partial charge in [0.05, 0.1) is 15.0 Å². The standard InChI is InChI=1S/C21H22Cl2N2O2S/c1-24(2)9-11-27-19-6-4-3-5-15(19)13-20-21(26)25(10-12-28-20)16-7-8-17(22)18(23)14-16/h3-8,13-14H,9-12H2,1-2H3/b20-13-. The smallest absolute Gasteiger partial charge is 0.264 e. The van der Waals surface area contributed by atoms with Crippen LogP contribution in [0.25, 0.3) is 6.08 Å². The maximum Gasteiger partial charge on any atom is 0.264 e. The third-order valence-electron chi connectivity index (χ3n) is 4.24. The molecule has 1 aliphatic rings. The van der Waals surface area contributed by atoms with Crippen LogP contribution in [0.15, 0.2) is 47.4 Å². The van der Waals surface area contributed by atoms with E-state index in [2.05, 4.69) is 4.90 Å². The van der Waals surface area contributed by atoms with Crippen molar-refractivity contribution in [3.63, 3.8) is 0 Å². The molecule has 0 N–H and O–H groups in total. The van der Waals surface area contributed by atoms with Crippen LogP contribution >= 0.6 is 35.0 Å². The molecule has 1 amide bonds. The summed E-state index contributed by atoms with van der Waals surface area (Å²) in [6, 6.07) is 13.0. The highest BCUT2D eigenvalue weighted by molar-refractivity contribution is 8.04. The number of halogens is 2. The number of benzene rings is 2. The van der Waals surface area contributed by atoms with Crippen molar-refractivity contribution in [1.82, 2.24) is 4.90 Å². The predicted molar refractivity (Wildman–Crippen MR) is 120 cm³/mol. The highest BCUT2D eigenvalue weighted by atomic mass is 35.5. The number of hydrogen-bond donors (Lipinski definition) is 0. The Morgan fingerprint density at radius 1 is 1.18 bits per heavy atom. The van der Waals surface area contributed by atoms with Crippen LogP contribution in [0.2, 0.25) is 10.0 Å². The summed E-state index contributed by atoms with van der Waals surface area (Å²) in [6.45, 7) is 2.03. The van der Waals surface area contributed by atoms with E-state index in [1.165, 1.54) is 0 Å². The molecular formula is C21H22Cl2N2O2S. The molecule has 1 aliphatic heterocycles. The molecule has 0 unspecified atom stereocenters. The van der Waals surface area contributed by atoms with Crippen molar-refractivity contribution >= 4 is 52.6 Å². The number of para-hydroxylation sites is 1. The number of thioether (sulfide) groups is 1. The number of hydrogen-bond acceptors (Lipinski definition) is 4. The van der Waals surface area contributed by atoms with Crippen molar-refractivity contribution in [1.29, 1.82) is 0 Å². The van der Waals surface area contributed by atoms with Gasteiger partial charge in [-0.3, -0.25) is 4.79 Å². The molecule has 0 atom stereocenters. The first-order valence-electron chi connectivity index (χ1n) is 8.93. The minimum Gasteiger partial charge on any atom is -0.492 e. The molecule has 1 saturated heterocycles. The lowest BCUT2D eigenvalue weighted by Gasteiger charge is -2.28. The molecule has 0 aromatic heterocycles. The minimum absolute atomic E-state index is 0.0438. The maximum absolute atomic E-state index is 13.1. The zero-order valence-electron chi connectivity index (χ0n) is 15.8. The number of ether oxygens (including phenoxy) is 1. The number of rotatable bonds is 6. The number of amides is 1. The van der Waals surface area contributed by atoms with Gasteiger partial charge in [0.1, 0.15) is 12.4 Å². The van der Waals surface area contributed by atoms with Crippen LogP contribution in [0, 0.1) is 0 Å². The van der Waals surface area contributed by atoms with Crippen molar-refractivity contribution < 1.29 is 9.53 Å². The van der Waals surface area contributed by atoms with Crippen LogP contribution in [0.1, 0.15) is 5.56 Å². The first-order valence-corrected chi connectivity index (χ1v) is 10.7. The maximum atomic E-state index is 13.1. The minimum atomic E-state index is -0.0438. The average molecular weight is 437 g/mol. The van der Waals surface area contributed by atoms with E-state index in [4.69, 9.17) is 27.9 Å². The van der Waals surface area contributed by atoms with Gasteiger partial charge < -0.3 is 14.5 Å². The molecule has 2 aromatic carbocycles. The molecule has 4 nitrogen and oxygen atoms in total. The Bertz CT molecular complexity index is 886. The van der Waals surface area contributed by atoms with Gasteiger partial charge in [-0.05, 0) is 44.4 Å². The SMILES string of the molecule is CN(C)CCOc1ccccc1/C=C1\SCCN(c2ccc(Cl)c(Cl)c2)C1=O. The Morgan fingerprint density at radius 3 is 2.71 bits per heavy atom. The third-order valence-corrected chi connectivity index (χ3v) is 5.97. The van der Waals surface area contributed by atoms with Crippen LogP contribution in [-0.4, -0.2) is 50.4 Å². The first kappa shape index (κ1) is 21.1. The fourth-order valence-corrected chi connectivity index (χ4v) is 3.99. The van der Waals surface area contributed by atoms with Gasteiger partial charge in [-0.15, -0.1) is 11.8 Å². The lowest BCUT2D eigenvalue weighted by atomic mass is 10.1. The quantitative estimate of drug-likeness (QED) is 0.592. The fraction of sp³-hybridized carbons (Fsp3) is 0.286. The summed E-state index contributed by atoms with van der Waals surface area (Å²) >= 11 is 13.7. The lowest BCUT2D eigenvalue weighted by molar-refractivity contribution is -0.114. The Balaban J connectivity index is 1.82. The zero-order valence-corrected chi connectivity index (χ0v) is 18.2. The van der Waals surface area contributed by atoms with Gasteiger partial charge in [0.25, 0.3) is 5.91 Å². The summed E-state index contributed by atoms with van der Waals surface area (Å²) in [5.74, 6) is 1.54. The van der Waals surface area contributed by atoms with Crippen molar-refractivity contribution in [3.8, 4) is 5.75 Å². The molecule has 0 saturated carbocycles. The van der Waals surface area contributed by atoms with Crippen molar-refractivity contribution in [3.05, 3.63) is 63.0 Å². The van der Waals surface area contributed by atoms with Crippen molar-refractivity contribution in [2.45, 2.75) is 0 Å². The molecular weight excluding hydrogens is 415 g/mol. The van der Waals surface area contributed by atoms with Crippen molar-refractivity contribution in [2.24, 2.45) is 0 Å². The van der Waals surface area contributed by atoms with E-state index in [0.717, 1.165) is 29.3 Å². The van der Waals surface area contributed by atoms with E-state index >= 15 is 0 Å². The van der Waals surface area contributed by atoms with Crippen LogP contribution in [0.4, 0.5) is 5.69 Å². The van der Waals surface area contributed by atoms with Gasteiger partial charge in [-0.2, -0.15) is 0 Å². The van der Waals surface area contributed by atoms with Crippen LogP contribution < -0.4 is 9.64 Å². The molecule has 7 heteroatoms. The van der Waals surface area contributed by atoms with E-state index in [0.29, 0.717) is 28.1 Å². The normalized spacial score (nSPS) is 16.1. The highest BCUT2D eigenvalue weighted by Gasteiger charge is 2.26. The van der Waals surface area contributed by atoms with E-state index < -0.39 is 0 Å². The number of carbonyl (C=O) groups is 1. The second-order valence-electron chi connectivity index (χ2n) is 6.60. The average Bonchev–Trinajstić information content (AvgIpc) is 2.67. The summed E-state index contributed by atoms with van der Waals surface area (Å²) in [5, 5.41) is 0.916. The molecule has 2 aromatic rings. The second-order valence-corrected chi connectivity index (χ2v) is 8.55. The Labute approximate surface area is 180 Å². The van der Waals surface area contributed by atoms with Crippen molar-refractivity contribution in [2.75, 3.05) is 44.4 Å². The van der Waals surface area contributed by atoms with Crippen LogP contribution in [0.3, 0.4) is 0 Å². The molecule has 0 radical (unpaired) electrons. The Morgan fingerprint density at radius 2 is 1.96 bits per heavy atom. The molecule has 28 heavy (non-hydrogen) atoms. The van der Waals surface area contributed by atoms with Crippen LogP contribution in [-0.2, 0) is 4.79 Å².